The molecule has 0 heterocycles. The lowest BCUT2D eigenvalue weighted by Gasteiger charge is -2.41. The Balaban J connectivity index is 1.64. The Morgan fingerprint density at radius 3 is 2.23 bits per heavy atom. The number of primary amides is 1. The Bertz CT molecular complexity index is 1180. The molecule has 3 rings (SSSR count). The summed E-state index contributed by atoms with van der Waals surface area (Å²) >= 11 is 0. The number of aliphatic hydroxyl groups excluding tert-OH is 2. The van der Waals surface area contributed by atoms with Crippen LogP contribution >= 0.6 is 0 Å². The summed E-state index contributed by atoms with van der Waals surface area (Å²) < 4.78 is 40.6. The van der Waals surface area contributed by atoms with Crippen molar-refractivity contribution in [3.63, 3.8) is 0 Å². The van der Waals surface area contributed by atoms with Crippen LogP contribution in [0.25, 0.3) is 0 Å². The maximum absolute atomic E-state index is 13.0. The number of carbonyl (C=O) groups excluding carboxylic acids is 3. The van der Waals surface area contributed by atoms with E-state index in [9.17, 15) is 48.0 Å². The van der Waals surface area contributed by atoms with Crippen molar-refractivity contribution >= 4 is 23.5 Å². The Labute approximate surface area is 219 Å². The second-order valence-corrected chi connectivity index (χ2v) is 9.07. The second kappa shape index (κ2) is 11.8. The van der Waals surface area contributed by atoms with Crippen LogP contribution in [0.15, 0.2) is 48.5 Å². The van der Waals surface area contributed by atoms with Gasteiger partial charge in [0.2, 0.25) is 5.91 Å². The van der Waals surface area contributed by atoms with Gasteiger partial charge in [-0.05, 0) is 42.0 Å². The number of hydrogen-bond acceptors (Lipinski definition) is 8. The number of phenols is 1. The molecule has 9 N–H and O–H groups in total. The lowest BCUT2D eigenvalue weighted by atomic mass is 9.77. The number of phenolic OH excluding ortho intramolecular Hbond substituents is 1. The number of amides is 4. The van der Waals surface area contributed by atoms with Gasteiger partial charge in [0.25, 0.3) is 5.91 Å². The number of aromatic hydroxyl groups is 1. The van der Waals surface area contributed by atoms with Gasteiger partial charge in [-0.2, -0.15) is 0 Å². The third-order valence-electron chi connectivity index (χ3n) is 6.02. The van der Waals surface area contributed by atoms with E-state index < -0.39 is 72.7 Å². The molecule has 39 heavy (non-hydrogen) atoms. The SMILES string of the molecule is NC(=O)[C@H](Cc1ccc(O)cc1)NC(=O)[C@@]1(O)C[C@@H](O)[C@H](O)[C@@H](NC(=O)Nc2ccc(OC(F)(F)F)cc2)C1. The lowest BCUT2D eigenvalue weighted by molar-refractivity contribution is -0.274. The van der Waals surface area contributed by atoms with Crippen LogP contribution in [-0.2, 0) is 16.0 Å². The van der Waals surface area contributed by atoms with E-state index in [1.165, 1.54) is 24.3 Å². The normalized spacial score (nSPS) is 23.8. The molecule has 0 aliphatic heterocycles. The molecular formula is C24H27F3N4O8. The Morgan fingerprint density at radius 1 is 1.05 bits per heavy atom. The number of rotatable bonds is 8. The van der Waals surface area contributed by atoms with E-state index in [1.807, 2.05) is 0 Å². The summed E-state index contributed by atoms with van der Waals surface area (Å²) in [4.78, 5) is 37.3. The third kappa shape index (κ3) is 8.20. The maximum Gasteiger partial charge on any atom is 0.573 e. The zero-order valence-corrected chi connectivity index (χ0v) is 20.2. The van der Waals surface area contributed by atoms with Crippen LogP contribution in [-0.4, -0.2) is 74.5 Å². The van der Waals surface area contributed by atoms with Crippen molar-refractivity contribution in [3.05, 3.63) is 54.1 Å². The van der Waals surface area contributed by atoms with Crippen LogP contribution in [0.4, 0.5) is 23.7 Å². The first kappa shape index (κ1) is 29.5. The molecule has 0 aromatic heterocycles. The highest BCUT2D eigenvalue weighted by molar-refractivity contribution is 5.92. The molecule has 2 aromatic rings. The number of urea groups is 1. The number of nitrogens with one attached hydrogen (secondary N) is 3. The highest BCUT2D eigenvalue weighted by atomic mass is 19.4. The third-order valence-corrected chi connectivity index (χ3v) is 6.02. The minimum absolute atomic E-state index is 0.0162. The highest BCUT2D eigenvalue weighted by Gasteiger charge is 2.49. The minimum Gasteiger partial charge on any atom is -0.508 e. The quantitative estimate of drug-likeness (QED) is 0.226. The number of ether oxygens (including phenoxy) is 1. The van der Waals surface area contributed by atoms with Gasteiger partial charge < -0.3 is 46.8 Å². The Morgan fingerprint density at radius 2 is 1.67 bits per heavy atom. The number of aliphatic hydroxyl groups is 3. The van der Waals surface area contributed by atoms with E-state index in [2.05, 4.69) is 20.7 Å². The summed E-state index contributed by atoms with van der Waals surface area (Å²) in [6.45, 7) is 0. The molecule has 0 unspecified atom stereocenters. The van der Waals surface area contributed by atoms with Crippen molar-refractivity contribution in [1.29, 1.82) is 0 Å². The number of benzene rings is 2. The number of anilines is 1. The smallest absolute Gasteiger partial charge is 0.508 e. The number of nitrogens with two attached hydrogens (primary N) is 1. The van der Waals surface area contributed by atoms with Gasteiger partial charge in [-0.3, -0.25) is 9.59 Å². The van der Waals surface area contributed by atoms with Gasteiger partial charge in [-0.1, -0.05) is 12.1 Å². The summed E-state index contributed by atoms with van der Waals surface area (Å²) in [6.07, 6.45) is -9.38. The summed E-state index contributed by atoms with van der Waals surface area (Å²) in [6, 6.07) is 6.32. The average molecular weight is 556 g/mol. The number of carbonyl (C=O) groups is 3. The molecule has 2 aromatic carbocycles. The first-order valence-corrected chi connectivity index (χ1v) is 11.6. The van der Waals surface area contributed by atoms with Crippen molar-refractivity contribution in [2.45, 2.75) is 55.5 Å². The predicted octanol–water partition coefficient (Wildman–Crippen LogP) is 0.240. The van der Waals surface area contributed by atoms with Gasteiger partial charge in [0.05, 0.1) is 12.1 Å². The van der Waals surface area contributed by atoms with E-state index in [0.29, 0.717) is 5.56 Å². The largest absolute Gasteiger partial charge is 0.573 e. The van der Waals surface area contributed by atoms with Gasteiger partial charge in [0.1, 0.15) is 29.2 Å². The molecule has 1 fully saturated rings. The van der Waals surface area contributed by atoms with Crippen molar-refractivity contribution in [1.82, 2.24) is 10.6 Å². The van der Waals surface area contributed by atoms with Gasteiger partial charge in [0.15, 0.2) is 0 Å². The van der Waals surface area contributed by atoms with Crippen LogP contribution in [0.5, 0.6) is 11.5 Å². The lowest BCUT2D eigenvalue weighted by Crippen LogP contribution is -2.64. The fourth-order valence-corrected chi connectivity index (χ4v) is 4.08. The molecule has 0 radical (unpaired) electrons. The topological polar surface area (TPSA) is 203 Å². The number of halogens is 3. The predicted molar refractivity (Wildman–Crippen MR) is 128 cm³/mol. The van der Waals surface area contributed by atoms with Crippen molar-refractivity contribution < 1.29 is 52.7 Å². The molecule has 4 amide bonds. The van der Waals surface area contributed by atoms with E-state index >= 15 is 0 Å². The molecule has 1 aliphatic rings. The van der Waals surface area contributed by atoms with Gasteiger partial charge in [0, 0.05) is 24.9 Å². The molecule has 1 aliphatic carbocycles. The first-order valence-electron chi connectivity index (χ1n) is 11.6. The Kier molecular flexibility index (Phi) is 8.88. The van der Waals surface area contributed by atoms with Gasteiger partial charge >= 0.3 is 12.4 Å². The van der Waals surface area contributed by atoms with E-state index in [1.54, 1.807) is 0 Å². The van der Waals surface area contributed by atoms with E-state index in [-0.39, 0.29) is 17.9 Å². The summed E-state index contributed by atoms with van der Waals surface area (Å²) in [5.74, 6) is -2.53. The van der Waals surface area contributed by atoms with Crippen molar-refractivity contribution in [2.24, 2.45) is 5.73 Å². The fourth-order valence-electron chi connectivity index (χ4n) is 4.08. The zero-order valence-electron chi connectivity index (χ0n) is 20.2. The number of hydrogen-bond donors (Lipinski definition) is 8. The molecule has 12 nitrogen and oxygen atoms in total. The summed E-state index contributed by atoms with van der Waals surface area (Å²) in [5.41, 5.74) is 3.66. The van der Waals surface area contributed by atoms with Gasteiger partial charge in [-0.25, -0.2) is 4.79 Å². The Hall–Kier alpha value is -4.08. The van der Waals surface area contributed by atoms with Crippen molar-refractivity contribution in [2.75, 3.05) is 5.32 Å². The fraction of sp³-hybridized carbons (Fsp3) is 0.375. The molecule has 15 heteroatoms. The molecule has 0 spiro atoms. The summed E-state index contributed by atoms with van der Waals surface area (Å²) in [5, 5.41) is 48.0. The van der Waals surface area contributed by atoms with Crippen LogP contribution in [0.3, 0.4) is 0 Å². The van der Waals surface area contributed by atoms with E-state index in [4.69, 9.17) is 5.73 Å². The van der Waals surface area contributed by atoms with Crippen LogP contribution in [0, 0.1) is 0 Å². The first-order chi connectivity index (χ1) is 18.1. The zero-order chi connectivity index (χ0) is 29.0. The second-order valence-electron chi connectivity index (χ2n) is 9.07. The van der Waals surface area contributed by atoms with Crippen molar-refractivity contribution in [3.8, 4) is 11.5 Å². The van der Waals surface area contributed by atoms with Crippen LogP contribution < -0.4 is 26.4 Å². The minimum atomic E-state index is -4.89. The average Bonchev–Trinajstić information content (AvgIpc) is 2.83. The molecule has 1 saturated carbocycles. The molecule has 212 valence electrons. The molecular weight excluding hydrogens is 529 g/mol. The van der Waals surface area contributed by atoms with Crippen LogP contribution in [0.1, 0.15) is 18.4 Å². The molecule has 0 bridgehead atoms. The van der Waals surface area contributed by atoms with E-state index in [0.717, 1.165) is 24.3 Å². The maximum atomic E-state index is 13.0. The molecule has 0 saturated heterocycles. The standard InChI is InChI=1S/C24H27F3N4O8/c25-24(26,27)39-15-7-3-13(4-8-15)29-22(37)31-17-10-23(38,11-18(33)19(17)34)21(36)30-16(20(28)35)9-12-1-5-14(32)6-2-12/h1-8,16-19,32-34,38H,9-11H2,(H2,28,35)(H,30,36)(H2,29,31,37)/t16-,17-,18+,19+,23-/m0/s1. The highest BCUT2D eigenvalue weighted by Crippen LogP contribution is 2.30. The molecule has 5 atom stereocenters. The van der Waals surface area contributed by atoms with Crippen LogP contribution in [0.2, 0.25) is 0 Å². The summed E-state index contributed by atoms with van der Waals surface area (Å²) in [7, 11) is 0. The monoisotopic (exact) mass is 556 g/mol. The van der Waals surface area contributed by atoms with Gasteiger partial charge in [-0.15, -0.1) is 13.2 Å². The number of alkyl halides is 3.